The molecule has 0 saturated carbocycles. The fourth-order valence-electron chi connectivity index (χ4n) is 5.26. The summed E-state index contributed by atoms with van der Waals surface area (Å²) in [6, 6.07) is 0. The first-order valence-electron chi connectivity index (χ1n) is 13.8. The van der Waals surface area contributed by atoms with Gasteiger partial charge in [0.25, 0.3) is 0 Å². The van der Waals surface area contributed by atoms with Gasteiger partial charge in [0, 0.05) is 12.3 Å². The Kier molecular flexibility index (Phi) is 12.5. The second kappa shape index (κ2) is 14.8. The van der Waals surface area contributed by atoms with Crippen LogP contribution in [0.4, 0.5) is 0 Å². The number of ether oxygens (including phenoxy) is 3. The van der Waals surface area contributed by atoms with Gasteiger partial charge in [0.2, 0.25) is 5.76 Å². The topological polar surface area (TPSA) is 65.0 Å². The van der Waals surface area contributed by atoms with Gasteiger partial charge in [0.05, 0.1) is 25.4 Å². The predicted octanol–water partition coefficient (Wildman–Crippen LogP) is 6.92. The fourth-order valence-corrected chi connectivity index (χ4v) is 5.26. The number of methoxy groups -OCH3 is 1. The summed E-state index contributed by atoms with van der Waals surface area (Å²) in [5, 5.41) is 10.8. The minimum Gasteiger partial charge on any atom is -0.490 e. The van der Waals surface area contributed by atoms with Crippen molar-refractivity contribution in [3.63, 3.8) is 0 Å². The quantitative estimate of drug-likeness (QED) is 0.413. The van der Waals surface area contributed by atoms with Crippen LogP contribution in [0.2, 0.25) is 0 Å². The summed E-state index contributed by atoms with van der Waals surface area (Å²) >= 11 is 0. The van der Waals surface area contributed by atoms with Crippen molar-refractivity contribution in [2.45, 2.75) is 111 Å². The van der Waals surface area contributed by atoms with Crippen LogP contribution in [0.15, 0.2) is 47.3 Å². The van der Waals surface area contributed by atoms with Gasteiger partial charge in [-0.05, 0) is 76.7 Å². The zero-order valence-corrected chi connectivity index (χ0v) is 23.8. The Morgan fingerprint density at radius 3 is 2.53 bits per heavy atom. The molecule has 36 heavy (non-hydrogen) atoms. The Morgan fingerprint density at radius 2 is 1.86 bits per heavy atom. The number of hydrogen-bond donors (Lipinski definition) is 1. The standard InChI is InChI=1S/C31H50O5/c1-20-11-9-10-12-28(23(4)14-16-27-15-13-22(3)26(7)35-27)36-31(33)29(34-8)19-21(2)18-25(6)30(32)24(5)17-20/h9-11,18-19,22-28,30,32H,12-17H2,1-8H3/b10-9+,20-11+,21-18+,29-19-/t22?,23?,24-,25?,26+,27?,28?,30?/m0/s1. The largest absolute Gasteiger partial charge is 0.490 e. The highest BCUT2D eigenvalue weighted by atomic mass is 16.6. The lowest BCUT2D eigenvalue weighted by atomic mass is 9.87. The molecule has 2 aliphatic rings. The van der Waals surface area contributed by atoms with Crippen LogP contribution in [0, 0.1) is 23.7 Å². The average molecular weight is 503 g/mol. The predicted molar refractivity (Wildman–Crippen MR) is 146 cm³/mol. The monoisotopic (exact) mass is 502 g/mol. The normalized spacial score (nSPS) is 39.4. The number of carbonyl (C=O) groups is 1. The van der Waals surface area contributed by atoms with Crippen LogP contribution >= 0.6 is 0 Å². The van der Waals surface area contributed by atoms with E-state index in [9.17, 15) is 9.90 Å². The smallest absolute Gasteiger partial charge is 0.373 e. The third kappa shape index (κ3) is 9.55. The van der Waals surface area contributed by atoms with Crippen LogP contribution in [0.5, 0.6) is 0 Å². The molecule has 0 bridgehead atoms. The summed E-state index contributed by atoms with van der Waals surface area (Å²) in [5.41, 5.74) is 2.09. The van der Waals surface area contributed by atoms with Gasteiger partial charge in [-0.1, -0.05) is 63.1 Å². The van der Waals surface area contributed by atoms with Crippen LogP contribution in [-0.2, 0) is 19.0 Å². The minimum absolute atomic E-state index is 0.0536. The molecule has 2 rings (SSSR count). The highest BCUT2D eigenvalue weighted by Gasteiger charge is 2.28. The molecule has 6 unspecified atom stereocenters. The second-order valence-corrected chi connectivity index (χ2v) is 11.3. The maximum atomic E-state index is 13.1. The summed E-state index contributed by atoms with van der Waals surface area (Å²) in [6.07, 6.45) is 15.5. The van der Waals surface area contributed by atoms with Crippen LogP contribution in [-0.4, -0.2) is 42.6 Å². The molecule has 0 radical (unpaired) electrons. The molecule has 0 aliphatic carbocycles. The summed E-state index contributed by atoms with van der Waals surface area (Å²) in [4.78, 5) is 13.1. The lowest BCUT2D eigenvalue weighted by Crippen LogP contribution is -2.33. The molecule has 0 spiro atoms. The van der Waals surface area contributed by atoms with E-state index in [-0.39, 0.29) is 35.7 Å². The van der Waals surface area contributed by atoms with E-state index in [1.807, 2.05) is 26.0 Å². The molecule has 2 aliphatic heterocycles. The number of allylic oxidation sites excluding steroid dienone is 5. The van der Waals surface area contributed by atoms with Crippen molar-refractivity contribution in [2.75, 3.05) is 7.11 Å². The molecular weight excluding hydrogens is 452 g/mol. The molecule has 1 fully saturated rings. The van der Waals surface area contributed by atoms with Crippen LogP contribution in [0.1, 0.15) is 87.0 Å². The van der Waals surface area contributed by atoms with Crippen LogP contribution in [0.25, 0.3) is 0 Å². The van der Waals surface area contributed by atoms with E-state index in [0.29, 0.717) is 18.4 Å². The summed E-state index contributed by atoms with van der Waals surface area (Å²) in [6.45, 7) is 14.7. The molecule has 204 valence electrons. The van der Waals surface area contributed by atoms with Crippen molar-refractivity contribution in [1.82, 2.24) is 0 Å². The van der Waals surface area contributed by atoms with Crippen molar-refractivity contribution >= 4 is 5.97 Å². The Balaban J connectivity index is 2.21. The lowest BCUT2D eigenvalue weighted by molar-refractivity contribution is -0.150. The first-order valence-corrected chi connectivity index (χ1v) is 13.8. The van der Waals surface area contributed by atoms with Gasteiger partial charge in [-0.2, -0.15) is 0 Å². The second-order valence-electron chi connectivity index (χ2n) is 11.3. The SMILES string of the molecule is CO/C1=C\C(C)=C\C(C)C(O)[C@@H](C)C/C(C)=C/C=C/CC(C(C)CCC2CCC(C)[C@@H](C)O2)OC1=O. The third-order valence-corrected chi connectivity index (χ3v) is 7.95. The number of aliphatic hydroxyl groups is 1. The maximum absolute atomic E-state index is 13.1. The molecule has 0 amide bonds. The van der Waals surface area contributed by atoms with E-state index in [2.05, 4.69) is 46.8 Å². The van der Waals surface area contributed by atoms with Crippen molar-refractivity contribution in [2.24, 2.45) is 23.7 Å². The van der Waals surface area contributed by atoms with E-state index in [1.165, 1.54) is 19.1 Å². The van der Waals surface area contributed by atoms with Crippen molar-refractivity contribution in [3.05, 3.63) is 47.3 Å². The van der Waals surface area contributed by atoms with E-state index in [0.717, 1.165) is 31.3 Å². The highest BCUT2D eigenvalue weighted by molar-refractivity contribution is 5.87. The third-order valence-electron chi connectivity index (χ3n) is 7.95. The van der Waals surface area contributed by atoms with Gasteiger partial charge in [0.15, 0.2) is 0 Å². The average Bonchev–Trinajstić information content (AvgIpc) is 2.83. The number of cyclic esters (lactones) is 1. The van der Waals surface area contributed by atoms with Gasteiger partial charge in [0.1, 0.15) is 6.10 Å². The zero-order chi connectivity index (χ0) is 26.8. The summed E-state index contributed by atoms with van der Waals surface area (Å²) in [5.74, 6) is 0.597. The van der Waals surface area contributed by atoms with E-state index < -0.39 is 12.1 Å². The van der Waals surface area contributed by atoms with Gasteiger partial charge in [-0.25, -0.2) is 4.79 Å². The lowest BCUT2D eigenvalue weighted by Gasteiger charge is -2.34. The molecule has 1 N–H and O–H groups in total. The van der Waals surface area contributed by atoms with E-state index in [4.69, 9.17) is 14.2 Å². The Bertz CT molecular complexity index is 823. The number of esters is 1. The fraction of sp³-hybridized carbons (Fsp3) is 0.710. The Labute approximate surface area is 219 Å². The molecule has 0 aromatic rings. The van der Waals surface area contributed by atoms with E-state index >= 15 is 0 Å². The molecule has 2 heterocycles. The van der Waals surface area contributed by atoms with Crippen molar-refractivity contribution in [3.8, 4) is 0 Å². The molecule has 8 atom stereocenters. The van der Waals surface area contributed by atoms with Crippen molar-refractivity contribution < 1.29 is 24.1 Å². The minimum atomic E-state index is -0.476. The molecule has 1 saturated heterocycles. The zero-order valence-electron chi connectivity index (χ0n) is 23.8. The first kappa shape index (κ1) is 30.4. The summed E-state index contributed by atoms with van der Waals surface area (Å²) < 4.78 is 17.6. The van der Waals surface area contributed by atoms with Gasteiger partial charge in [-0.3, -0.25) is 0 Å². The number of carbonyl (C=O) groups excluding carboxylic acids is 1. The molecule has 5 nitrogen and oxygen atoms in total. The van der Waals surface area contributed by atoms with Gasteiger partial charge >= 0.3 is 5.97 Å². The molecule has 5 heteroatoms. The number of rotatable bonds is 5. The maximum Gasteiger partial charge on any atom is 0.373 e. The Morgan fingerprint density at radius 1 is 1.14 bits per heavy atom. The van der Waals surface area contributed by atoms with Gasteiger partial charge < -0.3 is 19.3 Å². The van der Waals surface area contributed by atoms with Crippen LogP contribution in [0.3, 0.4) is 0 Å². The van der Waals surface area contributed by atoms with E-state index in [1.54, 1.807) is 6.08 Å². The van der Waals surface area contributed by atoms with Gasteiger partial charge in [-0.15, -0.1) is 0 Å². The molecule has 0 aromatic carbocycles. The summed E-state index contributed by atoms with van der Waals surface area (Å²) in [7, 11) is 1.49. The Hall–Kier alpha value is -1.85. The number of hydrogen-bond acceptors (Lipinski definition) is 5. The number of aliphatic hydroxyl groups excluding tert-OH is 1. The first-order chi connectivity index (χ1) is 17.0. The molecular formula is C31H50O5. The van der Waals surface area contributed by atoms with Crippen molar-refractivity contribution in [1.29, 1.82) is 0 Å². The van der Waals surface area contributed by atoms with Crippen LogP contribution < -0.4 is 0 Å². The highest BCUT2D eigenvalue weighted by Crippen LogP contribution is 2.29. The molecule has 0 aromatic heterocycles.